The number of rotatable bonds is 6. The first-order chi connectivity index (χ1) is 27.0. The Morgan fingerprint density at radius 3 is 1.05 bits per heavy atom. The second kappa shape index (κ2) is 16.3. The van der Waals surface area contributed by atoms with E-state index in [0.29, 0.717) is 0 Å². The third-order valence-electron chi connectivity index (χ3n) is 8.58. The highest BCUT2D eigenvalue weighted by molar-refractivity contribution is 6.16. The molecule has 0 spiro atoms. The zero-order valence-corrected chi connectivity index (χ0v) is 32.8. The van der Waals surface area contributed by atoms with Gasteiger partial charge in [0.25, 0.3) is 0 Å². The zero-order valence-electron chi connectivity index (χ0n) is 32.8. The third-order valence-corrected chi connectivity index (χ3v) is 8.58. The van der Waals surface area contributed by atoms with Gasteiger partial charge < -0.3 is 10.6 Å². The van der Waals surface area contributed by atoms with Gasteiger partial charge in [0.05, 0.1) is 33.5 Å². The summed E-state index contributed by atoms with van der Waals surface area (Å²) in [5.41, 5.74) is 7.31. The summed E-state index contributed by atoms with van der Waals surface area (Å²) >= 11 is 0. The summed E-state index contributed by atoms with van der Waals surface area (Å²) in [6.07, 6.45) is 0. The quantitative estimate of drug-likeness (QED) is 0.131. The molecule has 0 fully saturated rings. The molecule has 0 aliphatic heterocycles. The molecule has 8 nitrogen and oxygen atoms in total. The summed E-state index contributed by atoms with van der Waals surface area (Å²) in [5, 5.41) is 18.9. The number of anilines is 2. The Morgan fingerprint density at radius 2 is 0.714 bits per heavy atom. The van der Waals surface area contributed by atoms with Crippen LogP contribution in [0.25, 0.3) is 33.2 Å². The molecule has 6 aromatic carbocycles. The Kier molecular flexibility index (Phi) is 10.9. The van der Waals surface area contributed by atoms with E-state index in [-0.39, 0.29) is 11.1 Å². The van der Waals surface area contributed by atoms with E-state index in [9.17, 15) is 0 Å². The molecule has 2 aromatic heterocycles. The van der Waals surface area contributed by atoms with Gasteiger partial charge in [-0.25, -0.2) is 9.36 Å². The maximum atomic E-state index is 5.03. The summed E-state index contributed by atoms with van der Waals surface area (Å²) < 4.78 is 3.95. The van der Waals surface area contributed by atoms with Crippen LogP contribution < -0.4 is 10.6 Å². The standard InChI is InChI=1S/2C24H24N4/c2*1-24(2,3)26-23(25-18-12-6-4-7-13-18)22-20-16-10-11-17-21(20)27-28(22)19-14-8-5-9-15-19/h2*4-17H,1-3H3,(H,25,26). The molecule has 0 atom stereocenters. The fourth-order valence-corrected chi connectivity index (χ4v) is 6.30. The second-order valence-electron chi connectivity index (χ2n) is 15.5. The van der Waals surface area contributed by atoms with Gasteiger partial charge >= 0.3 is 0 Å². The summed E-state index contributed by atoms with van der Waals surface area (Å²) in [6, 6.07) is 57.0. The molecule has 2 heterocycles. The van der Waals surface area contributed by atoms with Crippen LogP contribution in [0.4, 0.5) is 11.4 Å². The first-order valence-corrected chi connectivity index (χ1v) is 18.9. The van der Waals surface area contributed by atoms with Gasteiger partial charge in [0.1, 0.15) is 11.4 Å². The van der Waals surface area contributed by atoms with Crippen LogP contribution in [-0.4, -0.2) is 42.3 Å². The monoisotopic (exact) mass is 736 g/mol. The highest BCUT2D eigenvalue weighted by Gasteiger charge is 2.22. The average Bonchev–Trinajstić information content (AvgIpc) is 3.78. The number of aliphatic imine (C=N–C) groups is 2. The van der Waals surface area contributed by atoms with Crippen LogP contribution in [0.15, 0.2) is 180 Å². The smallest absolute Gasteiger partial charge is 0.153 e. The lowest BCUT2D eigenvalue weighted by molar-refractivity contribution is 0.583. The van der Waals surface area contributed by atoms with Gasteiger partial charge in [-0.3, -0.25) is 9.98 Å². The molecule has 8 aromatic rings. The van der Waals surface area contributed by atoms with Gasteiger partial charge in [0.2, 0.25) is 0 Å². The van der Waals surface area contributed by atoms with Crippen LogP contribution in [-0.2, 0) is 0 Å². The number of para-hydroxylation sites is 4. The minimum Gasteiger partial charge on any atom is -0.339 e. The van der Waals surface area contributed by atoms with Crippen molar-refractivity contribution in [2.75, 3.05) is 10.6 Å². The van der Waals surface area contributed by atoms with E-state index in [4.69, 9.17) is 20.2 Å². The lowest BCUT2D eigenvalue weighted by atomic mass is 10.1. The van der Waals surface area contributed by atoms with Gasteiger partial charge in [-0.05, 0) is 102 Å². The van der Waals surface area contributed by atoms with Crippen molar-refractivity contribution in [1.29, 1.82) is 0 Å². The van der Waals surface area contributed by atoms with Crippen molar-refractivity contribution in [2.45, 2.75) is 52.6 Å². The Balaban J connectivity index is 0.000000172. The lowest BCUT2D eigenvalue weighted by Crippen LogP contribution is -2.24. The first kappa shape index (κ1) is 37.5. The number of amidine groups is 2. The average molecular weight is 737 g/mol. The summed E-state index contributed by atoms with van der Waals surface area (Å²) in [4.78, 5) is 10.1. The molecule has 8 heteroatoms. The SMILES string of the molecule is CC(C)(C)N=C(Nc1ccccc1)c1c2ccccc2nn1-c1ccccc1.CC(C)(C)N=C(Nc1ccccc1)c1c2ccccc2nn1-c1ccccc1. The van der Waals surface area contributed by atoms with E-state index in [1.807, 2.05) is 143 Å². The number of hydrogen-bond acceptors (Lipinski definition) is 4. The summed E-state index contributed by atoms with van der Waals surface area (Å²) in [7, 11) is 0. The zero-order chi connectivity index (χ0) is 39.1. The number of fused-ring (bicyclic) bond motifs is 2. The minimum absolute atomic E-state index is 0.246. The van der Waals surface area contributed by atoms with Crippen molar-refractivity contribution in [3.05, 3.63) is 181 Å². The van der Waals surface area contributed by atoms with Crippen LogP contribution in [0.3, 0.4) is 0 Å². The predicted molar refractivity (Wildman–Crippen MR) is 235 cm³/mol. The normalized spacial score (nSPS) is 12.3. The van der Waals surface area contributed by atoms with Crippen LogP contribution in [0.5, 0.6) is 0 Å². The topological polar surface area (TPSA) is 84.4 Å². The summed E-state index contributed by atoms with van der Waals surface area (Å²) in [5.74, 6) is 1.60. The van der Waals surface area contributed by atoms with E-state index in [0.717, 1.165) is 67.6 Å². The molecule has 280 valence electrons. The van der Waals surface area contributed by atoms with E-state index in [2.05, 4.69) is 88.6 Å². The van der Waals surface area contributed by atoms with Crippen molar-refractivity contribution in [3.63, 3.8) is 0 Å². The largest absolute Gasteiger partial charge is 0.339 e. The van der Waals surface area contributed by atoms with Crippen LogP contribution in [0.1, 0.15) is 52.9 Å². The van der Waals surface area contributed by atoms with Crippen LogP contribution in [0.2, 0.25) is 0 Å². The Morgan fingerprint density at radius 1 is 0.411 bits per heavy atom. The van der Waals surface area contributed by atoms with Gasteiger partial charge in [0, 0.05) is 22.1 Å². The lowest BCUT2D eigenvalue weighted by Gasteiger charge is -2.19. The molecular formula is C48H48N8. The molecule has 0 aliphatic carbocycles. The molecule has 0 radical (unpaired) electrons. The number of benzene rings is 6. The molecule has 8 rings (SSSR count). The molecule has 0 aliphatic rings. The maximum absolute atomic E-state index is 5.03. The minimum atomic E-state index is -0.246. The number of aromatic nitrogens is 4. The molecule has 2 N–H and O–H groups in total. The van der Waals surface area contributed by atoms with Crippen molar-refractivity contribution in [1.82, 2.24) is 19.6 Å². The van der Waals surface area contributed by atoms with Crippen LogP contribution in [0, 0.1) is 0 Å². The highest BCUT2D eigenvalue weighted by Crippen LogP contribution is 2.27. The number of nitrogens with one attached hydrogen (secondary N) is 2. The molecular weight excluding hydrogens is 689 g/mol. The van der Waals surface area contributed by atoms with Crippen molar-refractivity contribution < 1.29 is 0 Å². The molecule has 0 unspecified atom stereocenters. The second-order valence-corrected chi connectivity index (χ2v) is 15.5. The van der Waals surface area contributed by atoms with E-state index >= 15 is 0 Å². The summed E-state index contributed by atoms with van der Waals surface area (Å²) in [6.45, 7) is 12.6. The Hall–Kier alpha value is -6.80. The molecule has 0 bridgehead atoms. The van der Waals surface area contributed by atoms with Crippen molar-refractivity contribution in [3.8, 4) is 11.4 Å². The van der Waals surface area contributed by atoms with Crippen LogP contribution >= 0.6 is 0 Å². The first-order valence-electron chi connectivity index (χ1n) is 18.9. The third kappa shape index (κ3) is 9.10. The van der Waals surface area contributed by atoms with Crippen molar-refractivity contribution >= 4 is 44.9 Å². The Labute approximate surface area is 329 Å². The molecule has 0 amide bonds. The fraction of sp³-hybridized carbons (Fsp3) is 0.167. The highest BCUT2D eigenvalue weighted by atomic mass is 15.3. The number of hydrogen-bond donors (Lipinski definition) is 2. The maximum Gasteiger partial charge on any atom is 0.153 e. The molecule has 56 heavy (non-hydrogen) atoms. The van der Waals surface area contributed by atoms with Gasteiger partial charge in [-0.2, -0.15) is 10.2 Å². The van der Waals surface area contributed by atoms with Gasteiger partial charge in [-0.1, -0.05) is 109 Å². The van der Waals surface area contributed by atoms with E-state index < -0.39 is 0 Å². The van der Waals surface area contributed by atoms with E-state index in [1.54, 1.807) is 0 Å². The van der Waals surface area contributed by atoms with E-state index in [1.165, 1.54) is 0 Å². The Bertz CT molecular complexity index is 2390. The fourth-order valence-electron chi connectivity index (χ4n) is 6.30. The molecule has 0 saturated carbocycles. The number of nitrogens with zero attached hydrogens (tertiary/aromatic N) is 6. The van der Waals surface area contributed by atoms with Crippen molar-refractivity contribution in [2.24, 2.45) is 9.98 Å². The van der Waals surface area contributed by atoms with Gasteiger partial charge in [0.15, 0.2) is 11.7 Å². The molecule has 0 saturated heterocycles. The van der Waals surface area contributed by atoms with Gasteiger partial charge in [-0.15, -0.1) is 0 Å². The predicted octanol–water partition coefficient (Wildman–Crippen LogP) is 11.4.